The molecule has 1 aromatic heterocycles. The van der Waals surface area contributed by atoms with Crippen molar-refractivity contribution < 1.29 is 0 Å². The van der Waals surface area contributed by atoms with Crippen LogP contribution in [0.3, 0.4) is 0 Å². The van der Waals surface area contributed by atoms with Gasteiger partial charge in [-0.3, -0.25) is 0 Å². The van der Waals surface area contributed by atoms with E-state index in [0.717, 1.165) is 36.3 Å². The van der Waals surface area contributed by atoms with E-state index in [1.165, 1.54) is 0 Å². The number of hydrogen-bond donors (Lipinski definition) is 2. The number of rotatable bonds is 7. The third-order valence-corrected chi connectivity index (χ3v) is 3.77. The summed E-state index contributed by atoms with van der Waals surface area (Å²) in [6.45, 7) is 10.1. The zero-order valence-electron chi connectivity index (χ0n) is 13.0. The fourth-order valence-electron chi connectivity index (χ4n) is 1.83. The van der Waals surface area contributed by atoms with Crippen molar-refractivity contribution in [2.24, 2.45) is 5.73 Å². The van der Waals surface area contributed by atoms with E-state index < -0.39 is 0 Å². The minimum atomic E-state index is 0.363. The average molecular weight is 295 g/mol. The van der Waals surface area contributed by atoms with E-state index in [-0.39, 0.29) is 0 Å². The molecule has 112 valence electrons. The Morgan fingerprint density at radius 3 is 2.55 bits per heavy atom. The lowest BCUT2D eigenvalue weighted by atomic mass is 10.1. The molecule has 0 saturated heterocycles. The maximum Gasteiger partial charge on any atom is 0.159 e. The summed E-state index contributed by atoms with van der Waals surface area (Å²) in [4.78, 5) is 2.67. The standard InChI is InChI=1S/C14H25N5S/c1-9(2)19(5)8-6-7-16-14-12(13(15)20)10(3)11(4)17-18-14/h9H,6-8H2,1-5H3,(H2,15,20)(H,16,18). The van der Waals surface area contributed by atoms with Crippen molar-refractivity contribution in [2.75, 3.05) is 25.5 Å². The lowest BCUT2D eigenvalue weighted by Gasteiger charge is -2.21. The van der Waals surface area contributed by atoms with Gasteiger partial charge >= 0.3 is 0 Å². The second kappa shape index (κ2) is 7.50. The third-order valence-electron chi connectivity index (χ3n) is 3.56. The molecule has 0 aromatic carbocycles. The number of nitrogens with zero attached hydrogens (tertiary/aromatic N) is 3. The number of aromatic nitrogens is 2. The van der Waals surface area contributed by atoms with Crippen LogP contribution in [0, 0.1) is 13.8 Å². The molecule has 0 fully saturated rings. The van der Waals surface area contributed by atoms with E-state index in [9.17, 15) is 0 Å². The smallest absolute Gasteiger partial charge is 0.159 e. The van der Waals surface area contributed by atoms with Crippen LogP contribution in [0.2, 0.25) is 0 Å². The van der Waals surface area contributed by atoms with Crippen LogP contribution >= 0.6 is 12.2 Å². The first-order valence-corrected chi connectivity index (χ1v) is 7.33. The van der Waals surface area contributed by atoms with E-state index in [1.807, 2.05) is 13.8 Å². The van der Waals surface area contributed by atoms with Gasteiger partial charge in [-0.05, 0) is 53.3 Å². The van der Waals surface area contributed by atoms with E-state index in [2.05, 4.69) is 41.3 Å². The second-order valence-electron chi connectivity index (χ2n) is 5.35. The molecular formula is C14H25N5S. The van der Waals surface area contributed by atoms with Crippen molar-refractivity contribution in [2.45, 2.75) is 40.2 Å². The van der Waals surface area contributed by atoms with Crippen molar-refractivity contribution in [3.8, 4) is 0 Å². The molecule has 1 aromatic rings. The lowest BCUT2D eigenvalue weighted by molar-refractivity contribution is 0.273. The summed E-state index contributed by atoms with van der Waals surface area (Å²) in [5, 5.41) is 11.6. The molecule has 0 aliphatic rings. The van der Waals surface area contributed by atoms with Gasteiger partial charge in [-0.15, -0.1) is 5.10 Å². The van der Waals surface area contributed by atoms with E-state index in [0.29, 0.717) is 16.8 Å². The quantitative estimate of drug-likeness (QED) is 0.591. The molecule has 1 heterocycles. The van der Waals surface area contributed by atoms with Crippen molar-refractivity contribution in [3.63, 3.8) is 0 Å². The minimum Gasteiger partial charge on any atom is -0.389 e. The molecule has 0 aliphatic carbocycles. The first-order chi connectivity index (χ1) is 9.34. The Bertz CT molecular complexity index is 473. The molecular weight excluding hydrogens is 270 g/mol. The number of thiocarbonyl (C=S) groups is 1. The Morgan fingerprint density at radius 2 is 2.00 bits per heavy atom. The SMILES string of the molecule is Cc1nnc(NCCCN(C)C(C)C)c(C(N)=S)c1C. The van der Waals surface area contributed by atoms with Crippen LogP contribution in [-0.4, -0.2) is 46.3 Å². The molecule has 3 N–H and O–H groups in total. The molecule has 0 saturated carbocycles. The Hall–Kier alpha value is -1.27. The van der Waals surface area contributed by atoms with E-state index in [4.69, 9.17) is 18.0 Å². The Balaban J connectivity index is 2.65. The molecule has 0 amide bonds. The molecule has 0 radical (unpaired) electrons. The van der Waals surface area contributed by atoms with Crippen molar-refractivity contribution >= 4 is 23.0 Å². The molecule has 0 atom stereocenters. The van der Waals surface area contributed by atoms with Crippen LogP contribution in [0.25, 0.3) is 0 Å². The average Bonchev–Trinajstić information content (AvgIpc) is 2.37. The number of nitrogens with one attached hydrogen (secondary N) is 1. The maximum atomic E-state index is 5.79. The van der Waals surface area contributed by atoms with Crippen molar-refractivity contribution in [3.05, 3.63) is 16.8 Å². The van der Waals surface area contributed by atoms with Gasteiger partial charge in [-0.25, -0.2) is 0 Å². The van der Waals surface area contributed by atoms with Gasteiger partial charge in [0.15, 0.2) is 5.82 Å². The number of anilines is 1. The van der Waals surface area contributed by atoms with Gasteiger partial charge in [0.05, 0.1) is 11.3 Å². The second-order valence-corrected chi connectivity index (χ2v) is 5.79. The van der Waals surface area contributed by atoms with E-state index >= 15 is 0 Å². The minimum absolute atomic E-state index is 0.363. The summed E-state index contributed by atoms with van der Waals surface area (Å²) in [5.74, 6) is 0.688. The highest BCUT2D eigenvalue weighted by atomic mass is 32.1. The summed E-state index contributed by atoms with van der Waals surface area (Å²) >= 11 is 5.11. The predicted molar refractivity (Wildman–Crippen MR) is 88.3 cm³/mol. The summed E-state index contributed by atoms with van der Waals surface area (Å²) in [5.41, 5.74) is 8.46. The fourth-order valence-corrected chi connectivity index (χ4v) is 2.08. The van der Waals surface area contributed by atoms with Crippen molar-refractivity contribution in [1.82, 2.24) is 15.1 Å². The maximum absolute atomic E-state index is 5.79. The summed E-state index contributed by atoms with van der Waals surface area (Å²) in [6, 6.07) is 0.559. The largest absolute Gasteiger partial charge is 0.389 e. The zero-order chi connectivity index (χ0) is 15.3. The summed E-state index contributed by atoms with van der Waals surface area (Å²) in [7, 11) is 2.13. The summed E-state index contributed by atoms with van der Waals surface area (Å²) in [6.07, 6.45) is 1.03. The normalized spacial score (nSPS) is 11.2. The van der Waals surface area contributed by atoms with Gasteiger partial charge in [-0.2, -0.15) is 5.10 Å². The fraction of sp³-hybridized carbons (Fsp3) is 0.643. The van der Waals surface area contributed by atoms with Crippen LogP contribution in [0.1, 0.15) is 37.1 Å². The van der Waals surface area contributed by atoms with Gasteiger partial charge < -0.3 is 16.0 Å². The zero-order valence-corrected chi connectivity index (χ0v) is 13.8. The molecule has 0 spiro atoms. The highest BCUT2D eigenvalue weighted by molar-refractivity contribution is 7.80. The Morgan fingerprint density at radius 1 is 1.35 bits per heavy atom. The Labute approximate surface area is 126 Å². The van der Waals surface area contributed by atoms with Crippen LogP contribution in [0.15, 0.2) is 0 Å². The Kier molecular flexibility index (Phi) is 6.29. The van der Waals surface area contributed by atoms with Crippen LogP contribution in [-0.2, 0) is 0 Å². The molecule has 0 aliphatic heterocycles. The molecule has 1 rings (SSSR count). The van der Waals surface area contributed by atoms with Gasteiger partial charge in [0.2, 0.25) is 0 Å². The predicted octanol–water partition coefficient (Wildman–Crippen LogP) is 1.87. The van der Waals surface area contributed by atoms with Crippen LogP contribution in [0.5, 0.6) is 0 Å². The highest BCUT2D eigenvalue weighted by Crippen LogP contribution is 2.18. The molecule has 6 heteroatoms. The summed E-state index contributed by atoms with van der Waals surface area (Å²) < 4.78 is 0. The molecule has 20 heavy (non-hydrogen) atoms. The third kappa shape index (κ3) is 4.38. The molecule has 0 bridgehead atoms. The van der Waals surface area contributed by atoms with Gasteiger partial charge in [0.25, 0.3) is 0 Å². The van der Waals surface area contributed by atoms with Crippen LogP contribution < -0.4 is 11.1 Å². The number of nitrogens with two attached hydrogens (primary N) is 1. The lowest BCUT2D eigenvalue weighted by Crippen LogP contribution is -2.28. The van der Waals surface area contributed by atoms with Gasteiger partial charge in [0.1, 0.15) is 4.99 Å². The van der Waals surface area contributed by atoms with Crippen LogP contribution in [0.4, 0.5) is 5.82 Å². The number of hydrogen-bond acceptors (Lipinski definition) is 5. The monoisotopic (exact) mass is 295 g/mol. The first-order valence-electron chi connectivity index (χ1n) is 6.92. The van der Waals surface area contributed by atoms with Gasteiger partial charge in [-0.1, -0.05) is 12.2 Å². The molecule has 5 nitrogen and oxygen atoms in total. The van der Waals surface area contributed by atoms with Crippen molar-refractivity contribution in [1.29, 1.82) is 0 Å². The van der Waals surface area contributed by atoms with Gasteiger partial charge in [0, 0.05) is 12.6 Å². The first kappa shape index (κ1) is 16.8. The highest BCUT2D eigenvalue weighted by Gasteiger charge is 2.13. The number of aryl methyl sites for hydroxylation is 1. The van der Waals surface area contributed by atoms with E-state index in [1.54, 1.807) is 0 Å². The topological polar surface area (TPSA) is 67.1 Å². The molecule has 0 unspecified atom stereocenters.